The summed E-state index contributed by atoms with van der Waals surface area (Å²) < 4.78 is 11.0. The molecule has 0 radical (unpaired) electrons. The number of carbonyl (C=O) groups is 1. The second kappa shape index (κ2) is 6.95. The summed E-state index contributed by atoms with van der Waals surface area (Å²) in [5.41, 5.74) is 5.77. The van der Waals surface area contributed by atoms with E-state index in [-0.39, 0.29) is 30.2 Å². The Morgan fingerprint density at radius 1 is 1.56 bits per heavy atom. The second-order valence-corrected chi connectivity index (χ2v) is 5.35. The third-order valence-corrected chi connectivity index (χ3v) is 3.49. The molecule has 0 bridgehead atoms. The average Bonchev–Trinajstić information content (AvgIpc) is 2.61. The van der Waals surface area contributed by atoms with Crippen molar-refractivity contribution in [1.29, 1.82) is 0 Å². The van der Waals surface area contributed by atoms with E-state index in [1.165, 1.54) is 0 Å². The van der Waals surface area contributed by atoms with Gasteiger partial charge in [0.05, 0.1) is 18.9 Å². The molecule has 0 spiro atoms. The van der Waals surface area contributed by atoms with Crippen LogP contribution in [0.25, 0.3) is 0 Å². The van der Waals surface area contributed by atoms with Crippen LogP contribution in [0.4, 0.5) is 4.79 Å². The number of hydrogen-bond donors (Lipinski definition) is 2. The van der Waals surface area contributed by atoms with Crippen LogP contribution in [0, 0.1) is 11.8 Å². The van der Waals surface area contributed by atoms with E-state index < -0.39 is 6.09 Å². The van der Waals surface area contributed by atoms with Crippen LogP contribution in [0.15, 0.2) is 0 Å². The fourth-order valence-electron chi connectivity index (χ4n) is 2.15. The molecule has 0 aromatic carbocycles. The number of ether oxygens (including phenoxy) is 2. The van der Waals surface area contributed by atoms with Crippen molar-refractivity contribution in [2.45, 2.75) is 58.9 Å². The molecule has 0 aliphatic carbocycles. The van der Waals surface area contributed by atoms with E-state index in [4.69, 9.17) is 15.2 Å². The summed E-state index contributed by atoms with van der Waals surface area (Å²) in [5.74, 6) is 0.471. The minimum Gasteiger partial charge on any atom is -0.443 e. The van der Waals surface area contributed by atoms with Gasteiger partial charge in [0.1, 0.15) is 6.10 Å². The van der Waals surface area contributed by atoms with Crippen molar-refractivity contribution >= 4 is 6.09 Å². The van der Waals surface area contributed by atoms with Crippen molar-refractivity contribution in [3.8, 4) is 0 Å². The Morgan fingerprint density at radius 2 is 2.22 bits per heavy atom. The second-order valence-electron chi connectivity index (χ2n) is 5.35. The van der Waals surface area contributed by atoms with Crippen molar-refractivity contribution in [1.82, 2.24) is 5.32 Å². The van der Waals surface area contributed by atoms with Gasteiger partial charge in [-0.2, -0.15) is 0 Å². The van der Waals surface area contributed by atoms with Crippen LogP contribution in [0.2, 0.25) is 0 Å². The van der Waals surface area contributed by atoms with Crippen LogP contribution in [0.5, 0.6) is 0 Å². The van der Waals surface area contributed by atoms with E-state index in [1.54, 1.807) is 0 Å². The summed E-state index contributed by atoms with van der Waals surface area (Å²) in [4.78, 5) is 11.7. The lowest BCUT2D eigenvalue weighted by Gasteiger charge is -2.22. The van der Waals surface area contributed by atoms with E-state index in [9.17, 15) is 4.79 Å². The van der Waals surface area contributed by atoms with Gasteiger partial charge in [0.15, 0.2) is 0 Å². The maximum absolute atomic E-state index is 11.7. The fraction of sp³-hybridized carbons (Fsp3) is 0.923. The van der Waals surface area contributed by atoms with E-state index >= 15 is 0 Å². The molecule has 0 saturated carbocycles. The van der Waals surface area contributed by atoms with Gasteiger partial charge in [0, 0.05) is 5.92 Å². The molecule has 1 aliphatic heterocycles. The highest BCUT2D eigenvalue weighted by atomic mass is 16.6. The molecule has 3 N–H and O–H groups in total. The SMILES string of the molecule is CCCC1C(C)OCC1OC(=O)NC(N)C(C)C. The first-order valence-electron chi connectivity index (χ1n) is 6.80. The molecule has 106 valence electrons. The predicted molar refractivity (Wildman–Crippen MR) is 70.0 cm³/mol. The maximum Gasteiger partial charge on any atom is 0.408 e. The summed E-state index contributed by atoms with van der Waals surface area (Å²) in [6.07, 6.45) is 1.25. The maximum atomic E-state index is 11.7. The normalized spacial score (nSPS) is 29.3. The first-order valence-corrected chi connectivity index (χ1v) is 6.80. The molecule has 18 heavy (non-hydrogen) atoms. The third-order valence-electron chi connectivity index (χ3n) is 3.49. The van der Waals surface area contributed by atoms with Crippen LogP contribution in [0.3, 0.4) is 0 Å². The standard InChI is InChI=1S/C13H26N2O3/c1-5-6-10-9(4)17-7-11(10)18-13(16)15-12(14)8(2)3/h8-12H,5-7,14H2,1-4H3,(H,15,16). The van der Waals surface area contributed by atoms with Crippen LogP contribution in [0.1, 0.15) is 40.5 Å². The van der Waals surface area contributed by atoms with Gasteiger partial charge in [-0.1, -0.05) is 27.2 Å². The van der Waals surface area contributed by atoms with Gasteiger partial charge < -0.3 is 20.5 Å². The smallest absolute Gasteiger partial charge is 0.408 e. The lowest BCUT2D eigenvalue weighted by molar-refractivity contribution is 0.0660. The number of hydrogen-bond acceptors (Lipinski definition) is 4. The Kier molecular flexibility index (Phi) is 5.88. The van der Waals surface area contributed by atoms with Crippen molar-refractivity contribution in [3.05, 3.63) is 0 Å². The van der Waals surface area contributed by atoms with E-state index in [2.05, 4.69) is 12.2 Å². The summed E-state index contributed by atoms with van der Waals surface area (Å²) in [6.45, 7) is 8.53. The van der Waals surface area contributed by atoms with Gasteiger partial charge in [-0.15, -0.1) is 0 Å². The molecular weight excluding hydrogens is 232 g/mol. The Labute approximate surface area is 109 Å². The molecule has 5 nitrogen and oxygen atoms in total. The van der Waals surface area contributed by atoms with Crippen LogP contribution >= 0.6 is 0 Å². The number of rotatable bonds is 5. The van der Waals surface area contributed by atoms with Gasteiger partial charge in [0.25, 0.3) is 0 Å². The molecule has 5 heteroatoms. The predicted octanol–water partition coefficient (Wildman–Crippen LogP) is 1.86. The Morgan fingerprint density at radius 3 is 2.78 bits per heavy atom. The van der Waals surface area contributed by atoms with Gasteiger partial charge in [0.2, 0.25) is 0 Å². The Bertz CT molecular complexity index is 271. The molecule has 1 rings (SSSR count). The van der Waals surface area contributed by atoms with Crippen LogP contribution < -0.4 is 11.1 Å². The zero-order valence-corrected chi connectivity index (χ0v) is 11.8. The first kappa shape index (κ1) is 15.2. The third kappa shape index (κ3) is 4.14. The molecule has 1 aliphatic rings. The Balaban J connectivity index is 2.43. The topological polar surface area (TPSA) is 73.6 Å². The highest BCUT2D eigenvalue weighted by molar-refractivity contribution is 5.67. The molecule has 1 saturated heterocycles. The first-order chi connectivity index (χ1) is 8.45. The van der Waals surface area contributed by atoms with Gasteiger partial charge >= 0.3 is 6.09 Å². The highest BCUT2D eigenvalue weighted by Gasteiger charge is 2.36. The number of amides is 1. The van der Waals surface area contributed by atoms with Crippen molar-refractivity contribution < 1.29 is 14.3 Å². The number of nitrogens with two attached hydrogens (primary N) is 1. The van der Waals surface area contributed by atoms with Crippen molar-refractivity contribution in [2.24, 2.45) is 17.6 Å². The largest absolute Gasteiger partial charge is 0.443 e. The molecule has 1 fully saturated rings. The number of carbonyl (C=O) groups excluding carboxylic acids is 1. The van der Waals surface area contributed by atoms with Crippen molar-refractivity contribution in [2.75, 3.05) is 6.61 Å². The summed E-state index contributed by atoms with van der Waals surface area (Å²) in [5, 5.41) is 2.64. The molecule has 4 atom stereocenters. The highest BCUT2D eigenvalue weighted by Crippen LogP contribution is 2.27. The lowest BCUT2D eigenvalue weighted by atomic mass is 9.95. The zero-order chi connectivity index (χ0) is 13.7. The molecule has 4 unspecified atom stereocenters. The Hall–Kier alpha value is -0.810. The van der Waals surface area contributed by atoms with Crippen molar-refractivity contribution in [3.63, 3.8) is 0 Å². The molecule has 0 aromatic rings. The van der Waals surface area contributed by atoms with Gasteiger partial charge in [-0.05, 0) is 19.3 Å². The molecule has 1 amide bonds. The molecule has 1 heterocycles. The van der Waals surface area contributed by atoms with E-state index in [0.29, 0.717) is 6.61 Å². The van der Waals surface area contributed by atoms with E-state index in [1.807, 2.05) is 20.8 Å². The zero-order valence-electron chi connectivity index (χ0n) is 11.8. The van der Waals surface area contributed by atoms with Gasteiger partial charge in [-0.25, -0.2) is 4.79 Å². The summed E-state index contributed by atoms with van der Waals surface area (Å²) in [6, 6.07) is 0. The van der Waals surface area contributed by atoms with Gasteiger partial charge in [-0.3, -0.25) is 0 Å². The monoisotopic (exact) mass is 258 g/mol. The minimum atomic E-state index is -0.444. The quantitative estimate of drug-likeness (QED) is 0.738. The minimum absolute atomic E-state index is 0.153. The van der Waals surface area contributed by atoms with Crippen LogP contribution in [-0.4, -0.2) is 31.1 Å². The fourth-order valence-corrected chi connectivity index (χ4v) is 2.15. The average molecular weight is 258 g/mol. The van der Waals surface area contributed by atoms with Crippen LogP contribution in [-0.2, 0) is 9.47 Å². The van der Waals surface area contributed by atoms with E-state index in [0.717, 1.165) is 12.8 Å². The number of nitrogens with one attached hydrogen (secondary N) is 1. The lowest BCUT2D eigenvalue weighted by Crippen LogP contribution is -2.46. The summed E-state index contributed by atoms with van der Waals surface area (Å²) in [7, 11) is 0. The number of alkyl carbamates (subject to hydrolysis) is 1. The molecular formula is C13H26N2O3. The summed E-state index contributed by atoms with van der Waals surface area (Å²) >= 11 is 0. The molecule has 0 aromatic heterocycles.